The fraction of sp³-hybridized carbons (Fsp3) is 0.667. The molecule has 1 atom stereocenters. The van der Waals surface area contributed by atoms with Gasteiger partial charge in [-0.1, -0.05) is 26.2 Å². The Balaban J connectivity index is 2.25. The van der Waals surface area contributed by atoms with E-state index >= 15 is 0 Å². The summed E-state index contributed by atoms with van der Waals surface area (Å²) in [6.07, 6.45) is 7.39. The van der Waals surface area contributed by atoms with Gasteiger partial charge in [0.25, 0.3) is 0 Å². The molecule has 1 rings (SSSR count). The summed E-state index contributed by atoms with van der Waals surface area (Å²) < 4.78 is 0. The van der Waals surface area contributed by atoms with Crippen molar-refractivity contribution < 1.29 is 5.11 Å². The summed E-state index contributed by atoms with van der Waals surface area (Å²) in [5.41, 5.74) is 0.895. The summed E-state index contributed by atoms with van der Waals surface area (Å²) >= 11 is 0. The van der Waals surface area contributed by atoms with Gasteiger partial charge in [-0.15, -0.1) is 0 Å². The summed E-state index contributed by atoms with van der Waals surface area (Å²) in [6.45, 7) is 2.16. The topological polar surface area (TPSA) is 48.9 Å². The number of aromatic amines is 1. The lowest BCUT2D eigenvalue weighted by atomic mass is 10.1. The Morgan fingerprint density at radius 1 is 1.58 bits per heavy atom. The van der Waals surface area contributed by atoms with Gasteiger partial charge in [0.2, 0.25) is 0 Å². The van der Waals surface area contributed by atoms with Crippen LogP contribution in [-0.4, -0.2) is 15.3 Å². The van der Waals surface area contributed by atoms with Gasteiger partial charge >= 0.3 is 0 Å². The van der Waals surface area contributed by atoms with Crippen molar-refractivity contribution >= 4 is 0 Å². The Hall–Kier alpha value is -0.830. The van der Waals surface area contributed by atoms with Crippen molar-refractivity contribution in [3.8, 4) is 0 Å². The number of H-pyrrole nitrogens is 1. The molecule has 2 N–H and O–H groups in total. The van der Waals surface area contributed by atoms with E-state index in [9.17, 15) is 5.11 Å². The molecule has 1 heterocycles. The van der Waals surface area contributed by atoms with Gasteiger partial charge in [-0.05, 0) is 6.42 Å². The van der Waals surface area contributed by atoms with E-state index in [0.29, 0.717) is 0 Å². The molecule has 12 heavy (non-hydrogen) atoms. The van der Waals surface area contributed by atoms with E-state index in [4.69, 9.17) is 0 Å². The first-order valence-corrected chi connectivity index (χ1v) is 4.51. The first-order valence-electron chi connectivity index (χ1n) is 4.51. The van der Waals surface area contributed by atoms with E-state index in [2.05, 4.69) is 17.1 Å². The molecule has 1 aromatic heterocycles. The average Bonchev–Trinajstić information content (AvgIpc) is 2.56. The number of aliphatic hydroxyl groups excluding tert-OH is 1. The second-order valence-corrected chi connectivity index (χ2v) is 3.04. The molecule has 0 aliphatic rings. The first kappa shape index (κ1) is 9.26. The van der Waals surface area contributed by atoms with Gasteiger partial charge in [0.15, 0.2) is 0 Å². The number of rotatable bonds is 5. The van der Waals surface area contributed by atoms with Crippen molar-refractivity contribution in [3.05, 3.63) is 18.0 Å². The van der Waals surface area contributed by atoms with Gasteiger partial charge in [-0.3, -0.25) is 5.10 Å². The lowest BCUT2D eigenvalue weighted by molar-refractivity contribution is 0.163. The largest absolute Gasteiger partial charge is 0.388 e. The smallest absolute Gasteiger partial charge is 0.0820 e. The predicted octanol–water partition coefficient (Wildman–Crippen LogP) is 2.02. The molecular formula is C9H16N2O. The first-order chi connectivity index (χ1) is 5.84. The van der Waals surface area contributed by atoms with Crippen LogP contribution in [0.15, 0.2) is 12.4 Å². The van der Waals surface area contributed by atoms with Gasteiger partial charge in [-0.2, -0.15) is 5.10 Å². The molecular weight excluding hydrogens is 152 g/mol. The zero-order valence-electron chi connectivity index (χ0n) is 7.45. The van der Waals surface area contributed by atoms with E-state index in [-0.39, 0.29) is 6.10 Å². The fourth-order valence-electron chi connectivity index (χ4n) is 1.20. The summed E-state index contributed by atoms with van der Waals surface area (Å²) in [7, 11) is 0. The Kier molecular flexibility index (Phi) is 3.80. The zero-order valence-corrected chi connectivity index (χ0v) is 7.45. The SMILES string of the molecule is CCCCCC(O)c1cn[nH]c1. The van der Waals surface area contributed by atoms with Crippen molar-refractivity contribution in [1.82, 2.24) is 10.2 Å². The van der Waals surface area contributed by atoms with Crippen LogP contribution in [-0.2, 0) is 0 Å². The summed E-state index contributed by atoms with van der Waals surface area (Å²) in [4.78, 5) is 0. The maximum atomic E-state index is 9.58. The summed E-state index contributed by atoms with van der Waals surface area (Å²) in [5.74, 6) is 0. The molecule has 0 bridgehead atoms. The van der Waals surface area contributed by atoms with E-state index in [1.807, 2.05) is 0 Å². The third-order valence-electron chi connectivity index (χ3n) is 1.99. The molecule has 0 aliphatic heterocycles. The molecule has 0 fully saturated rings. The number of aliphatic hydroxyl groups is 1. The second kappa shape index (κ2) is 4.93. The van der Waals surface area contributed by atoms with Crippen LogP contribution in [0.1, 0.15) is 44.3 Å². The van der Waals surface area contributed by atoms with E-state index in [1.54, 1.807) is 12.4 Å². The molecule has 0 radical (unpaired) electrons. The van der Waals surface area contributed by atoms with E-state index in [0.717, 1.165) is 18.4 Å². The number of nitrogens with one attached hydrogen (secondary N) is 1. The third-order valence-corrected chi connectivity index (χ3v) is 1.99. The highest BCUT2D eigenvalue weighted by atomic mass is 16.3. The van der Waals surface area contributed by atoms with Gasteiger partial charge in [0.1, 0.15) is 0 Å². The minimum atomic E-state index is -0.338. The van der Waals surface area contributed by atoms with Gasteiger partial charge in [-0.25, -0.2) is 0 Å². The van der Waals surface area contributed by atoms with Crippen LogP contribution in [0.5, 0.6) is 0 Å². The molecule has 3 nitrogen and oxygen atoms in total. The molecule has 0 spiro atoms. The monoisotopic (exact) mass is 168 g/mol. The van der Waals surface area contributed by atoms with Crippen LogP contribution in [0.3, 0.4) is 0 Å². The van der Waals surface area contributed by atoms with Crippen LogP contribution >= 0.6 is 0 Å². The van der Waals surface area contributed by atoms with Gasteiger partial charge in [0, 0.05) is 11.8 Å². The third kappa shape index (κ3) is 2.66. The maximum Gasteiger partial charge on any atom is 0.0820 e. The lowest BCUT2D eigenvalue weighted by Gasteiger charge is -2.06. The summed E-state index contributed by atoms with van der Waals surface area (Å²) in [6, 6.07) is 0. The summed E-state index contributed by atoms with van der Waals surface area (Å²) in [5, 5.41) is 16.1. The average molecular weight is 168 g/mol. The molecule has 0 amide bonds. The number of aromatic nitrogens is 2. The zero-order chi connectivity index (χ0) is 8.81. The van der Waals surface area contributed by atoms with Crippen molar-refractivity contribution in [2.45, 2.75) is 38.7 Å². The molecule has 0 saturated heterocycles. The molecule has 0 aromatic carbocycles. The van der Waals surface area contributed by atoms with Crippen LogP contribution in [0, 0.1) is 0 Å². The van der Waals surface area contributed by atoms with E-state index in [1.165, 1.54) is 12.8 Å². The minimum Gasteiger partial charge on any atom is -0.388 e. The normalized spacial score (nSPS) is 13.2. The number of hydrogen-bond donors (Lipinski definition) is 2. The number of nitrogens with zero attached hydrogens (tertiary/aromatic N) is 1. The molecule has 1 unspecified atom stereocenters. The molecule has 1 aromatic rings. The van der Waals surface area contributed by atoms with Crippen LogP contribution in [0.2, 0.25) is 0 Å². The standard InChI is InChI=1S/C9H16N2O/c1-2-3-4-5-9(12)8-6-10-11-7-8/h6-7,9,12H,2-5H2,1H3,(H,10,11). The van der Waals surface area contributed by atoms with Crippen molar-refractivity contribution in [2.24, 2.45) is 0 Å². The number of unbranched alkanes of at least 4 members (excludes halogenated alkanes) is 2. The van der Waals surface area contributed by atoms with Crippen molar-refractivity contribution in [3.63, 3.8) is 0 Å². The molecule has 0 saturated carbocycles. The Bertz CT molecular complexity index is 196. The Labute approximate surface area is 72.8 Å². The lowest BCUT2D eigenvalue weighted by Crippen LogP contribution is -1.95. The van der Waals surface area contributed by atoms with Crippen LogP contribution in [0.4, 0.5) is 0 Å². The van der Waals surface area contributed by atoms with Crippen molar-refractivity contribution in [1.29, 1.82) is 0 Å². The highest BCUT2D eigenvalue weighted by Crippen LogP contribution is 2.17. The highest BCUT2D eigenvalue weighted by Gasteiger charge is 2.06. The quantitative estimate of drug-likeness (QED) is 0.661. The Morgan fingerprint density at radius 3 is 3.00 bits per heavy atom. The Morgan fingerprint density at radius 2 is 2.42 bits per heavy atom. The molecule has 3 heteroatoms. The second-order valence-electron chi connectivity index (χ2n) is 3.04. The van der Waals surface area contributed by atoms with Crippen molar-refractivity contribution in [2.75, 3.05) is 0 Å². The van der Waals surface area contributed by atoms with Crippen LogP contribution < -0.4 is 0 Å². The van der Waals surface area contributed by atoms with Gasteiger partial charge in [0.05, 0.1) is 12.3 Å². The minimum absolute atomic E-state index is 0.338. The number of hydrogen-bond acceptors (Lipinski definition) is 2. The fourth-order valence-corrected chi connectivity index (χ4v) is 1.20. The molecule has 68 valence electrons. The predicted molar refractivity (Wildman–Crippen MR) is 47.7 cm³/mol. The highest BCUT2D eigenvalue weighted by molar-refractivity contribution is 5.06. The maximum absolute atomic E-state index is 9.58. The molecule has 0 aliphatic carbocycles. The van der Waals surface area contributed by atoms with Gasteiger partial charge < -0.3 is 5.11 Å². The van der Waals surface area contributed by atoms with Crippen LogP contribution in [0.25, 0.3) is 0 Å². The van der Waals surface area contributed by atoms with E-state index < -0.39 is 0 Å².